The van der Waals surface area contributed by atoms with Gasteiger partial charge >= 0.3 is 6.03 Å². The highest BCUT2D eigenvalue weighted by Gasteiger charge is 2.32. The van der Waals surface area contributed by atoms with Crippen LogP contribution >= 0.6 is 0 Å². The van der Waals surface area contributed by atoms with Crippen molar-refractivity contribution in [3.63, 3.8) is 0 Å². The van der Waals surface area contributed by atoms with E-state index in [1.807, 2.05) is 12.1 Å². The highest BCUT2D eigenvalue weighted by atomic mass is 16.2. The minimum absolute atomic E-state index is 0.0483. The second kappa shape index (κ2) is 5.99. The molecular weight excluding hydrogens is 278 g/mol. The molecule has 2 fully saturated rings. The summed E-state index contributed by atoms with van der Waals surface area (Å²) in [5.74, 6) is 0.429. The fraction of sp³-hybridized carbons (Fsp3) is 0.529. The zero-order chi connectivity index (χ0) is 15.7. The third-order valence-electron chi connectivity index (χ3n) is 4.24. The maximum atomic E-state index is 12.4. The summed E-state index contributed by atoms with van der Waals surface area (Å²) in [7, 11) is 0. The molecule has 22 heavy (non-hydrogen) atoms. The summed E-state index contributed by atoms with van der Waals surface area (Å²) in [5.41, 5.74) is 2.16. The van der Waals surface area contributed by atoms with E-state index >= 15 is 0 Å². The molecular formula is C17H23N3O2. The molecule has 2 aliphatic rings. The fourth-order valence-electron chi connectivity index (χ4n) is 2.68. The van der Waals surface area contributed by atoms with Crippen LogP contribution in [0.4, 0.5) is 10.5 Å². The van der Waals surface area contributed by atoms with E-state index in [9.17, 15) is 9.59 Å². The lowest BCUT2D eigenvalue weighted by molar-refractivity contribution is -0.121. The minimum Gasteiger partial charge on any atom is -0.352 e. The first-order valence-electron chi connectivity index (χ1n) is 8.00. The van der Waals surface area contributed by atoms with Crippen LogP contribution in [0.2, 0.25) is 0 Å². The smallest absolute Gasteiger partial charge is 0.325 e. The molecule has 0 unspecified atom stereocenters. The molecule has 1 aromatic rings. The monoisotopic (exact) mass is 301 g/mol. The molecule has 5 heteroatoms. The van der Waals surface area contributed by atoms with Gasteiger partial charge in [-0.15, -0.1) is 0 Å². The zero-order valence-electron chi connectivity index (χ0n) is 13.2. The average Bonchev–Trinajstić information content (AvgIpc) is 3.23. The van der Waals surface area contributed by atoms with Crippen LogP contribution in [0.25, 0.3) is 0 Å². The van der Waals surface area contributed by atoms with Crippen LogP contribution < -0.4 is 10.2 Å². The summed E-state index contributed by atoms with van der Waals surface area (Å²) in [5, 5.41) is 2.92. The second-order valence-corrected chi connectivity index (χ2v) is 6.44. The first-order valence-corrected chi connectivity index (χ1v) is 8.00. The zero-order valence-corrected chi connectivity index (χ0v) is 13.2. The Hall–Kier alpha value is -2.04. The number of hydrogen-bond donors (Lipinski definition) is 1. The molecule has 1 aromatic carbocycles. The molecule has 3 amide bonds. The first kappa shape index (κ1) is 14.9. The molecule has 3 rings (SSSR count). The van der Waals surface area contributed by atoms with E-state index in [-0.39, 0.29) is 18.5 Å². The van der Waals surface area contributed by atoms with Gasteiger partial charge in [-0.3, -0.25) is 9.69 Å². The molecule has 1 saturated carbocycles. The van der Waals surface area contributed by atoms with Crippen molar-refractivity contribution in [1.82, 2.24) is 10.2 Å². The number of benzene rings is 1. The van der Waals surface area contributed by atoms with Crippen molar-refractivity contribution in [2.75, 3.05) is 24.5 Å². The van der Waals surface area contributed by atoms with Crippen LogP contribution in [0.3, 0.4) is 0 Å². The Kier molecular flexibility index (Phi) is 4.05. The second-order valence-electron chi connectivity index (χ2n) is 6.44. The molecule has 1 heterocycles. The van der Waals surface area contributed by atoms with Gasteiger partial charge in [0.15, 0.2) is 0 Å². The number of hydrogen-bond acceptors (Lipinski definition) is 2. The maximum Gasteiger partial charge on any atom is 0.325 e. The molecule has 0 atom stereocenters. The van der Waals surface area contributed by atoms with Crippen molar-refractivity contribution in [3.8, 4) is 0 Å². The van der Waals surface area contributed by atoms with Gasteiger partial charge in [-0.1, -0.05) is 26.0 Å². The molecule has 0 spiro atoms. The predicted molar refractivity (Wildman–Crippen MR) is 86.0 cm³/mol. The number of amides is 3. The van der Waals surface area contributed by atoms with Crippen molar-refractivity contribution in [3.05, 3.63) is 29.8 Å². The molecule has 1 aliphatic heterocycles. The number of nitrogens with one attached hydrogen (secondary N) is 1. The summed E-state index contributed by atoms with van der Waals surface area (Å²) in [6, 6.07) is 8.36. The quantitative estimate of drug-likeness (QED) is 0.907. The molecule has 118 valence electrons. The Morgan fingerprint density at radius 3 is 2.50 bits per heavy atom. The Labute approximate surface area is 131 Å². The van der Waals surface area contributed by atoms with E-state index in [1.165, 1.54) is 5.56 Å². The van der Waals surface area contributed by atoms with Crippen molar-refractivity contribution < 1.29 is 9.59 Å². The summed E-state index contributed by atoms with van der Waals surface area (Å²) in [6.45, 7) is 5.70. The largest absolute Gasteiger partial charge is 0.352 e. The van der Waals surface area contributed by atoms with Crippen molar-refractivity contribution in [2.24, 2.45) is 0 Å². The number of carbonyl (C=O) groups is 2. The summed E-state index contributed by atoms with van der Waals surface area (Å²) in [4.78, 5) is 27.6. The maximum absolute atomic E-state index is 12.4. The molecule has 5 nitrogen and oxygen atoms in total. The molecule has 1 N–H and O–H groups in total. The van der Waals surface area contributed by atoms with Gasteiger partial charge < -0.3 is 10.2 Å². The lowest BCUT2D eigenvalue weighted by Crippen LogP contribution is -2.40. The van der Waals surface area contributed by atoms with Gasteiger partial charge in [-0.2, -0.15) is 0 Å². The SMILES string of the molecule is CC(C)c1ccc(N2CCN(CC(=O)NC3CC3)C2=O)cc1. The summed E-state index contributed by atoms with van der Waals surface area (Å²) >= 11 is 0. The first-order chi connectivity index (χ1) is 10.5. The highest BCUT2D eigenvalue weighted by Crippen LogP contribution is 2.23. The van der Waals surface area contributed by atoms with Gasteiger partial charge in [0.05, 0.1) is 0 Å². The van der Waals surface area contributed by atoms with Gasteiger partial charge in [0.1, 0.15) is 6.54 Å². The molecule has 0 bridgehead atoms. The van der Waals surface area contributed by atoms with Gasteiger partial charge in [-0.05, 0) is 36.5 Å². The van der Waals surface area contributed by atoms with E-state index < -0.39 is 0 Å². The van der Waals surface area contributed by atoms with E-state index in [1.54, 1.807) is 9.80 Å². The van der Waals surface area contributed by atoms with E-state index in [0.717, 1.165) is 18.5 Å². The Morgan fingerprint density at radius 1 is 1.23 bits per heavy atom. The van der Waals surface area contributed by atoms with Crippen LogP contribution in [0.5, 0.6) is 0 Å². The molecule has 1 saturated heterocycles. The van der Waals surface area contributed by atoms with Crippen LogP contribution in [-0.4, -0.2) is 42.5 Å². The Balaban J connectivity index is 1.61. The Morgan fingerprint density at radius 2 is 1.91 bits per heavy atom. The van der Waals surface area contributed by atoms with Gasteiger partial charge in [0, 0.05) is 24.8 Å². The van der Waals surface area contributed by atoms with Crippen molar-refractivity contribution >= 4 is 17.6 Å². The standard InChI is InChI=1S/C17H23N3O2/c1-12(2)13-3-7-15(8-4-13)20-10-9-19(17(20)22)11-16(21)18-14-5-6-14/h3-4,7-8,12,14H,5-6,9-11H2,1-2H3,(H,18,21). The normalized spacial score (nSPS) is 18.2. The van der Waals surface area contributed by atoms with Gasteiger partial charge in [0.25, 0.3) is 0 Å². The number of carbonyl (C=O) groups excluding carboxylic acids is 2. The van der Waals surface area contributed by atoms with Gasteiger partial charge in [-0.25, -0.2) is 4.79 Å². The molecule has 0 aromatic heterocycles. The number of rotatable bonds is 5. The Bertz CT molecular complexity index is 564. The topological polar surface area (TPSA) is 52.6 Å². The highest BCUT2D eigenvalue weighted by molar-refractivity contribution is 5.96. The number of anilines is 1. The van der Waals surface area contributed by atoms with Crippen LogP contribution in [-0.2, 0) is 4.79 Å². The molecule has 0 radical (unpaired) electrons. The van der Waals surface area contributed by atoms with Crippen molar-refractivity contribution in [2.45, 2.75) is 38.6 Å². The summed E-state index contributed by atoms with van der Waals surface area (Å²) < 4.78 is 0. The van der Waals surface area contributed by atoms with E-state index in [2.05, 4.69) is 31.3 Å². The van der Waals surface area contributed by atoms with Crippen LogP contribution in [0.15, 0.2) is 24.3 Å². The van der Waals surface area contributed by atoms with Crippen LogP contribution in [0.1, 0.15) is 38.2 Å². The third-order valence-corrected chi connectivity index (χ3v) is 4.24. The summed E-state index contributed by atoms with van der Waals surface area (Å²) in [6.07, 6.45) is 2.13. The number of urea groups is 1. The predicted octanol–water partition coefficient (Wildman–Crippen LogP) is 2.33. The minimum atomic E-state index is -0.0803. The number of nitrogens with zero attached hydrogens (tertiary/aromatic N) is 2. The average molecular weight is 301 g/mol. The fourth-order valence-corrected chi connectivity index (χ4v) is 2.68. The lowest BCUT2D eigenvalue weighted by atomic mass is 10.0. The van der Waals surface area contributed by atoms with E-state index in [0.29, 0.717) is 25.0 Å². The molecule has 1 aliphatic carbocycles. The van der Waals surface area contributed by atoms with Crippen molar-refractivity contribution in [1.29, 1.82) is 0 Å². The third kappa shape index (κ3) is 3.24. The van der Waals surface area contributed by atoms with Crippen LogP contribution in [0, 0.1) is 0 Å². The van der Waals surface area contributed by atoms with E-state index in [4.69, 9.17) is 0 Å². The van der Waals surface area contributed by atoms with Gasteiger partial charge in [0.2, 0.25) is 5.91 Å². The lowest BCUT2D eigenvalue weighted by Gasteiger charge is -2.19.